The van der Waals surface area contributed by atoms with Crippen molar-refractivity contribution in [3.8, 4) is 0 Å². The van der Waals surface area contributed by atoms with Crippen LogP contribution in [0.25, 0.3) is 0 Å². The van der Waals surface area contributed by atoms with Crippen LogP contribution >= 0.6 is 15.9 Å². The number of esters is 1. The van der Waals surface area contributed by atoms with Crippen molar-refractivity contribution in [2.24, 2.45) is 34.8 Å². The first-order valence-corrected chi connectivity index (χ1v) is 11.7. The Hall–Kier alpha value is -2.25. The van der Waals surface area contributed by atoms with Crippen molar-refractivity contribution >= 4 is 33.5 Å². The lowest BCUT2D eigenvalue weighted by molar-refractivity contribution is -0.156. The molecule has 7 heteroatoms. The maximum absolute atomic E-state index is 13.3. The number of benzene rings is 1. The van der Waals surface area contributed by atoms with Crippen LogP contribution in [0.2, 0.25) is 0 Å². The molecule has 1 heterocycles. The zero-order valence-corrected chi connectivity index (χ0v) is 18.8. The van der Waals surface area contributed by atoms with E-state index in [1.165, 1.54) is 0 Å². The van der Waals surface area contributed by atoms with Gasteiger partial charge in [0.25, 0.3) is 0 Å². The van der Waals surface area contributed by atoms with Crippen LogP contribution in [0.5, 0.6) is 0 Å². The van der Waals surface area contributed by atoms with Gasteiger partial charge < -0.3 is 15.8 Å². The van der Waals surface area contributed by atoms with Gasteiger partial charge in [0.15, 0.2) is 0 Å². The second kappa shape index (κ2) is 8.02. The van der Waals surface area contributed by atoms with Gasteiger partial charge in [-0.15, -0.1) is 0 Å². The molecule has 1 spiro atoms. The number of nitrogens with zero attached hydrogens (tertiary/aromatic N) is 1. The highest BCUT2D eigenvalue weighted by Crippen LogP contribution is 2.74. The molecule has 3 aliphatic rings. The van der Waals surface area contributed by atoms with E-state index < -0.39 is 0 Å². The molecule has 3 fully saturated rings. The molecule has 3 aliphatic carbocycles. The number of hydrogen-bond acceptors (Lipinski definition) is 5. The van der Waals surface area contributed by atoms with E-state index in [2.05, 4.69) is 26.2 Å². The van der Waals surface area contributed by atoms with Crippen LogP contribution in [0.15, 0.2) is 47.2 Å². The summed E-state index contributed by atoms with van der Waals surface area (Å²) in [7, 11) is 0. The van der Waals surface area contributed by atoms with Gasteiger partial charge in [0.05, 0.1) is 23.7 Å². The smallest absolute Gasteiger partial charge is 0.310 e. The number of rotatable bonds is 6. The molecule has 2 bridgehead atoms. The zero-order chi connectivity index (χ0) is 21.6. The fourth-order valence-corrected chi connectivity index (χ4v) is 6.33. The Morgan fingerprint density at radius 3 is 2.55 bits per heavy atom. The first-order chi connectivity index (χ1) is 15.0. The first kappa shape index (κ1) is 20.6. The molecule has 162 valence electrons. The number of halogens is 1. The largest absolute Gasteiger partial charge is 0.461 e. The average molecular weight is 484 g/mol. The summed E-state index contributed by atoms with van der Waals surface area (Å²) in [4.78, 5) is 30.7. The van der Waals surface area contributed by atoms with Crippen molar-refractivity contribution in [1.29, 1.82) is 0 Å². The fourth-order valence-electron chi connectivity index (χ4n) is 6.10. The minimum atomic E-state index is -0.373. The van der Waals surface area contributed by atoms with E-state index in [9.17, 15) is 9.59 Å². The molecule has 1 amide bonds. The molecule has 4 atom stereocenters. The van der Waals surface area contributed by atoms with Crippen molar-refractivity contribution in [1.82, 2.24) is 4.98 Å². The Morgan fingerprint density at radius 1 is 1.13 bits per heavy atom. The molecular formula is C24H26BrN3O3. The van der Waals surface area contributed by atoms with E-state index in [1.54, 1.807) is 12.3 Å². The van der Waals surface area contributed by atoms with E-state index in [-0.39, 0.29) is 47.6 Å². The van der Waals surface area contributed by atoms with Gasteiger partial charge in [-0.3, -0.25) is 9.59 Å². The summed E-state index contributed by atoms with van der Waals surface area (Å²) >= 11 is 3.31. The summed E-state index contributed by atoms with van der Waals surface area (Å²) in [6.07, 6.45) is 5.89. The molecule has 0 unspecified atom stereocenters. The Balaban J connectivity index is 1.33. The maximum Gasteiger partial charge on any atom is 0.310 e. The fraction of sp³-hybridized carbons (Fsp3) is 0.458. The number of carbonyl (C=O) groups excluding carboxylic acids is 2. The van der Waals surface area contributed by atoms with E-state index in [4.69, 9.17) is 10.5 Å². The summed E-state index contributed by atoms with van der Waals surface area (Å²) in [5.74, 6) is -0.534. The van der Waals surface area contributed by atoms with E-state index in [0.29, 0.717) is 16.8 Å². The second-order valence-corrected chi connectivity index (χ2v) is 9.88. The predicted octanol–water partition coefficient (Wildman–Crippen LogP) is 4.04. The van der Waals surface area contributed by atoms with Crippen LogP contribution in [0.1, 0.15) is 36.8 Å². The molecule has 2 aromatic rings. The van der Waals surface area contributed by atoms with Crippen molar-refractivity contribution < 1.29 is 14.3 Å². The number of nitrogens with one attached hydrogen (secondary N) is 1. The predicted molar refractivity (Wildman–Crippen MR) is 120 cm³/mol. The number of nitrogens with two attached hydrogens (primary N) is 1. The summed E-state index contributed by atoms with van der Waals surface area (Å²) in [6.45, 7) is 0.655. The molecule has 1 aromatic heterocycles. The van der Waals surface area contributed by atoms with Gasteiger partial charge in [0.1, 0.15) is 11.2 Å². The molecule has 3 N–H and O–H groups in total. The molecule has 0 saturated heterocycles. The van der Waals surface area contributed by atoms with Crippen LogP contribution in [-0.4, -0.2) is 16.9 Å². The standard InChI is InChI=1S/C24H26BrN3O3/c25-19-7-4-16(12-27-19)28-22(29)20-17-5-6-18(24(17)8-9-24)21(20)23(30)31-13-15-3-1-2-14(10-15)11-26/h1-4,7,10,12,17-18,20-21H,5-6,8-9,11,13,26H2,(H,28,29)/t17-,18+,20+,21+/m0/s1. The second-order valence-electron chi connectivity index (χ2n) is 9.07. The average Bonchev–Trinajstić information content (AvgIpc) is 3.45. The van der Waals surface area contributed by atoms with Gasteiger partial charge >= 0.3 is 5.97 Å². The normalized spacial score (nSPS) is 27.3. The van der Waals surface area contributed by atoms with Crippen LogP contribution in [0.4, 0.5) is 5.69 Å². The number of pyridine rings is 1. The number of ether oxygens (including phenoxy) is 1. The van der Waals surface area contributed by atoms with Crippen LogP contribution < -0.4 is 11.1 Å². The van der Waals surface area contributed by atoms with Crippen LogP contribution in [0.3, 0.4) is 0 Å². The first-order valence-electron chi connectivity index (χ1n) is 10.9. The number of aromatic nitrogens is 1. The third-order valence-electron chi connectivity index (χ3n) is 7.52. The van der Waals surface area contributed by atoms with Crippen molar-refractivity contribution in [3.63, 3.8) is 0 Å². The summed E-state index contributed by atoms with van der Waals surface area (Å²) in [5, 5.41) is 2.99. The van der Waals surface area contributed by atoms with Gasteiger partial charge in [-0.25, -0.2) is 4.98 Å². The lowest BCUT2D eigenvalue weighted by Gasteiger charge is -2.28. The molecule has 31 heavy (non-hydrogen) atoms. The molecular weight excluding hydrogens is 458 g/mol. The minimum Gasteiger partial charge on any atom is -0.461 e. The lowest BCUT2D eigenvalue weighted by Crippen LogP contribution is -2.38. The minimum absolute atomic E-state index is 0.0883. The quantitative estimate of drug-likeness (QED) is 0.477. The molecule has 0 radical (unpaired) electrons. The van der Waals surface area contributed by atoms with Gasteiger partial charge in [0, 0.05) is 6.54 Å². The number of hydrogen-bond donors (Lipinski definition) is 2. The van der Waals surface area contributed by atoms with Gasteiger partial charge in [-0.1, -0.05) is 24.3 Å². The number of amides is 1. The Morgan fingerprint density at radius 2 is 1.87 bits per heavy atom. The summed E-state index contributed by atoms with van der Waals surface area (Å²) in [5.41, 5.74) is 8.45. The number of anilines is 1. The van der Waals surface area contributed by atoms with E-state index in [0.717, 1.165) is 36.8 Å². The summed E-state index contributed by atoms with van der Waals surface area (Å²) in [6, 6.07) is 11.4. The van der Waals surface area contributed by atoms with Crippen molar-refractivity contribution in [2.75, 3.05) is 5.32 Å². The van der Waals surface area contributed by atoms with E-state index >= 15 is 0 Å². The highest BCUT2D eigenvalue weighted by atomic mass is 79.9. The molecule has 0 aliphatic heterocycles. The van der Waals surface area contributed by atoms with Crippen molar-refractivity contribution in [3.05, 3.63) is 58.3 Å². The third kappa shape index (κ3) is 3.68. The highest BCUT2D eigenvalue weighted by Gasteiger charge is 2.71. The van der Waals surface area contributed by atoms with Crippen molar-refractivity contribution in [2.45, 2.75) is 38.8 Å². The third-order valence-corrected chi connectivity index (χ3v) is 7.99. The van der Waals surface area contributed by atoms with Gasteiger partial charge in [0.2, 0.25) is 5.91 Å². The maximum atomic E-state index is 13.3. The Kier molecular flexibility index (Phi) is 5.34. The molecule has 1 aromatic carbocycles. The van der Waals surface area contributed by atoms with Gasteiger partial charge in [-0.05, 0) is 82.1 Å². The van der Waals surface area contributed by atoms with Crippen LogP contribution in [-0.2, 0) is 27.5 Å². The highest BCUT2D eigenvalue weighted by molar-refractivity contribution is 9.10. The summed E-state index contributed by atoms with van der Waals surface area (Å²) < 4.78 is 6.46. The molecule has 3 saturated carbocycles. The zero-order valence-electron chi connectivity index (χ0n) is 17.2. The molecule has 5 rings (SSSR count). The lowest BCUT2D eigenvalue weighted by atomic mass is 9.78. The Bertz CT molecular complexity index is 1010. The van der Waals surface area contributed by atoms with Gasteiger partial charge in [-0.2, -0.15) is 0 Å². The Labute approximate surface area is 190 Å². The number of carbonyl (C=O) groups is 2. The topological polar surface area (TPSA) is 94.3 Å². The van der Waals surface area contributed by atoms with Crippen LogP contribution in [0, 0.1) is 29.1 Å². The SMILES string of the molecule is NCc1cccc(COC(=O)[C@H]2[C@H](C(=O)Nc3ccc(Br)nc3)[C@@H]3CC[C@H]2C32CC2)c1. The molecule has 6 nitrogen and oxygen atoms in total. The monoisotopic (exact) mass is 483 g/mol. The van der Waals surface area contributed by atoms with E-state index in [1.807, 2.05) is 30.3 Å².